The van der Waals surface area contributed by atoms with Crippen LogP contribution in [0.3, 0.4) is 0 Å². The van der Waals surface area contributed by atoms with E-state index in [-0.39, 0.29) is 6.08 Å². The van der Waals surface area contributed by atoms with E-state index in [2.05, 4.69) is 0 Å². The van der Waals surface area contributed by atoms with Gasteiger partial charge in [0.25, 0.3) is 0 Å². The molecule has 0 amide bonds. The molecule has 9 heavy (non-hydrogen) atoms. The van der Waals surface area contributed by atoms with Crippen LogP contribution in [0.5, 0.6) is 0 Å². The van der Waals surface area contributed by atoms with Gasteiger partial charge in [-0.25, -0.2) is 9.13 Å². The standard InChI is InChI=1S/C6H10FN2/c1-3-9-5-4-8(2)6(9)7/h4-5H,3H2,1-2H3/q+1. The molecule has 0 aromatic carbocycles. The van der Waals surface area contributed by atoms with E-state index in [4.69, 9.17) is 0 Å². The topological polar surface area (TPSA) is 8.81 Å². The zero-order chi connectivity index (χ0) is 6.85. The molecule has 0 aliphatic carbocycles. The molecular weight excluding hydrogens is 119 g/mol. The lowest BCUT2D eigenvalue weighted by Crippen LogP contribution is -2.34. The average molecular weight is 129 g/mol. The Morgan fingerprint density at radius 1 is 1.78 bits per heavy atom. The van der Waals surface area contributed by atoms with Crippen LogP contribution in [0.1, 0.15) is 6.92 Å². The van der Waals surface area contributed by atoms with Crippen LogP contribution in [-0.2, 0) is 13.6 Å². The Balaban J connectivity index is 3.04. The molecule has 0 unspecified atom stereocenters. The van der Waals surface area contributed by atoms with E-state index in [1.807, 2.05) is 6.92 Å². The van der Waals surface area contributed by atoms with Crippen LogP contribution in [0, 0.1) is 6.08 Å². The lowest BCUT2D eigenvalue weighted by atomic mass is 10.7. The molecule has 0 radical (unpaired) electrons. The van der Waals surface area contributed by atoms with Crippen molar-refractivity contribution in [3.05, 3.63) is 18.5 Å². The van der Waals surface area contributed by atoms with Crippen LogP contribution in [-0.4, -0.2) is 4.57 Å². The Bertz CT molecular complexity index is 205. The zero-order valence-corrected chi connectivity index (χ0v) is 5.63. The van der Waals surface area contributed by atoms with Crippen molar-refractivity contribution >= 4 is 0 Å². The van der Waals surface area contributed by atoms with Crippen LogP contribution in [0.2, 0.25) is 0 Å². The van der Waals surface area contributed by atoms with Crippen molar-refractivity contribution in [3.8, 4) is 0 Å². The van der Waals surface area contributed by atoms with Crippen LogP contribution < -0.4 is 4.57 Å². The monoisotopic (exact) mass is 129 g/mol. The van der Waals surface area contributed by atoms with Crippen molar-refractivity contribution in [2.24, 2.45) is 7.05 Å². The van der Waals surface area contributed by atoms with Gasteiger partial charge in [-0.05, 0) is 6.92 Å². The molecule has 0 spiro atoms. The molecule has 0 aliphatic rings. The number of hydrogen-bond acceptors (Lipinski definition) is 0. The van der Waals surface area contributed by atoms with Gasteiger partial charge in [0.1, 0.15) is 12.4 Å². The first-order valence-corrected chi connectivity index (χ1v) is 2.96. The molecule has 0 fully saturated rings. The maximum Gasteiger partial charge on any atom is 0.445 e. The minimum Gasteiger partial charge on any atom is -0.207 e. The zero-order valence-electron chi connectivity index (χ0n) is 5.63. The highest BCUT2D eigenvalue weighted by molar-refractivity contribution is 4.64. The molecule has 0 saturated carbocycles. The molecule has 0 aliphatic heterocycles. The van der Waals surface area contributed by atoms with Gasteiger partial charge in [0.15, 0.2) is 0 Å². The highest BCUT2D eigenvalue weighted by Gasteiger charge is 2.09. The van der Waals surface area contributed by atoms with E-state index < -0.39 is 0 Å². The fraction of sp³-hybridized carbons (Fsp3) is 0.500. The van der Waals surface area contributed by atoms with Crippen molar-refractivity contribution < 1.29 is 8.96 Å². The smallest absolute Gasteiger partial charge is 0.207 e. The fourth-order valence-electron chi connectivity index (χ4n) is 0.742. The maximum atomic E-state index is 12.7. The van der Waals surface area contributed by atoms with Gasteiger partial charge in [-0.2, -0.15) is 0 Å². The minimum atomic E-state index is -0.197. The van der Waals surface area contributed by atoms with Crippen molar-refractivity contribution in [3.63, 3.8) is 0 Å². The molecule has 0 atom stereocenters. The molecule has 1 aromatic heterocycles. The van der Waals surface area contributed by atoms with E-state index in [0.29, 0.717) is 6.54 Å². The number of imidazole rings is 1. The summed E-state index contributed by atoms with van der Waals surface area (Å²) in [7, 11) is 1.68. The van der Waals surface area contributed by atoms with Gasteiger partial charge in [0, 0.05) is 0 Å². The predicted octanol–water partition coefficient (Wildman–Crippen LogP) is 0.472. The van der Waals surface area contributed by atoms with Crippen LogP contribution >= 0.6 is 0 Å². The summed E-state index contributed by atoms with van der Waals surface area (Å²) < 4.78 is 15.7. The molecule has 1 rings (SSSR count). The minimum absolute atomic E-state index is 0.197. The molecule has 2 nitrogen and oxygen atoms in total. The average Bonchev–Trinajstić information content (AvgIpc) is 2.15. The van der Waals surface area contributed by atoms with Gasteiger partial charge in [-0.3, -0.25) is 0 Å². The second-order valence-electron chi connectivity index (χ2n) is 1.96. The van der Waals surface area contributed by atoms with Gasteiger partial charge >= 0.3 is 6.08 Å². The van der Waals surface area contributed by atoms with Crippen molar-refractivity contribution in [2.45, 2.75) is 13.5 Å². The lowest BCUT2D eigenvalue weighted by Gasteiger charge is -1.85. The van der Waals surface area contributed by atoms with Crippen molar-refractivity contribution in [1.29, 1.82) is 0 Å². The second-order valence-corrected chi connectivity index (χ2v) is 1.96. The van der Waals surface area contributed by atoms with Crippen LogP contribution in [0.4, 0.5) is 4.39 Å². The number of hydrogen-bond donors (Lipinski definition) is 0. The molecule has 0 saturated heterocycles. The highest BCUT2D eigenvalue weighted by Crippen LogP contribution is 1.86. The molecule has 3 heteroatoms. The quantitative estimate of drug-likeness (QED) is 0.487. The third-order valence-electron chi connectivity index (χ3n) is 1.34. The summed E-state index contributed by atoms with van der Waals surface area (Å²) in [6.07, 6.45) is 3.21. The summed E-state index contributed by atoms with van der Waals surface area (Å²) in [5, 5.41) is 0. The Morgan fingerprint density at radius 3 is 2.67 bits per heavy atom. The number of aromatic nitrogens is 2. The Kier molecular flexibility index (Phi) is 1.51. The third kappa shape index (κ3) is 0.943. The number of nitrogens with zero attached hydrogens (tertiary/aromatic N) is 2. The third-order valence-corrected chi connectivity index (χ3v) is 1.34. The summed E-state index contributed by atoms with van der Waals surface area (Å²) in [6, 6.07) is 0. The van der Waals surface area contributed by atoms with E-state index in [0.717, 1.165) is 0 Å². The molecule has 0 bridgehead atoms. The maximum absolute atomic E-state index is 12.7. The first-order chi connectivity index (χ1) is 4.25. The SMILES string of the molecule is CC[n+]1ccn(C)c1F. The Morgan fingerprint density at radius 2 is 2.44 bits per heavy atom. The van der Waals surface area contributed by atoms with Crippen LogP contribution in [0.15, 0.2) is 12.4 Å². The number of aryl methyl sites for hydroxylation is 2. The number of halogens is 1. The Hall–Kier alpha value is -0.860. The fourth-order valence-corrected chi connectivity index (χ4v) is 0.742. The summed E-state index contributed by atoms with van der Waals surface area (Å²) in [5.41, 5.74) is 0. The van der Waals surface area contributed by atoms with E-state index in [9.17, 15) is 4.39 Å². The van der Waals surface area contributed by atoms with Crippen molar-refractivity contribution in [2.75, 3.05) is 0 Å². The van der Waals surface area contributed by atoms with E-state index in [1.54, 1.807) is 24.0 Å². The van der Waals surface area contributed by atoms with Gasteiger partial charge < -0.3 is 0 Å². The summed E-state index contributed by atoms with van der Waals surface area (Å²) in [4.78, 5) is 0. The summed E-state index contributed by atoms with van der Waals surface area (Å²) in [6.45, 7) is 2.59. The summed E-state index contributed by atoms with van der Waals surface area (Å²) in [5.74, 6) is 0. The molecule has 1 aromatic rings. The molecule has 1 heterocycles. The lowest BCUT2D eigenvalue weighted by molar-refractivity contribution is -0.721. The van der Waals surface area contributed by atoms with E-state index in [1.165, 1.54) is 4.57 Å². The summed E-state index contributed by atoms with van der Waals surface area (Å²) >= 11 is 0. The molecule has 50 valence electrons. The normalized spacial score (nSPS) is 10.1. The first kappa shape index (κ1) is 6.26. The highest BCUT2D eigenvalue weighted by atomic mass is 19.1. The largest absolute Gasteiger partial charge is 0.445 e. The van der Waals surface area contributed by atoms with Gasteiger partial charge in [0.2, 0.25) is 0 Å². The van der Waals surface area contributed by atoms with Crippen molar-refractivity contribution in [1.82, 2.24) is 4.57 Å². The van der Waals surface area contributed by atoms with Gasteiger partial charge in [0.05, 0.1) is 13.6 Å². The number of rotatable bonds is 1. The first-order valence-electron chi connectivity index (χ1n) is 2.96. The van der Waals surface area contributed by atoms with Crippen LogP contribution in [0.25, 0.3) is 0 Å². The van der Waals surface area contributed by atoms with E-state index >= 15 is 0 Å². The second kappa shape index (κ2) is 2.17. The molecule has 0 N–H and O–H groups in total. The van der Waals surface area contributed by atoms with Gasteiger partial charge in [-0.15, -0.1) is 4.39 Å². The Labute approximate surface area is 53.5 Å². The molecular formula is C6H10FN2+. The predicted molar refractivity (Wildman–Crippen MR) is 31.2 cm³/mol. The van der Waals surface area contributed by atoms with Gasteiger partial charge in [-0.1, -0.05) is 0 Å².